The van der Waals surface area contributed by atoms with Crippen LogP contribution in [0, 0.1) is 11.2 Å². The van der Waals surface area contributed by atoms with E-state index in [1.807, 2.05) is 6.08 Å². The molecule has 0 saturated carbocycles. The lowest BCUT2D eigenvalue weighted by Crippen LogP contribution is -2.41. The molecule has 0 amide bonds. The molecule has 1 fully saturated rings. The topological polar surface area (TPSA) is 23.5 Å². The summed E-state index contributed by atoms with van der Waals surface area (Å²) < 4.78 is 12.8. The number of aliphatic hydroxyl groups excluding tert-OH is 1. The van der Waals surface area contributed by atoms with Crippen molar-refractivity contribution in [2.45, 2.75) is 26.2 Å². The molecule has 0 atom stereocenters. The highest BCUT2D eigenvalue weighted by atomic mass is 19.1. The zero-order chi connectivity index (χ0) is 14.4. The second-order valence-corrected chi connectivity index (χ2v) is 5.77. The van der Waals surface area contributed by atoms with Gasteiger partial charge in [0.25, 0.3) is 0 Å². The molecule has 0 aromatic heterocycles. The Kier molecular flexibility index (Phi) is 5.32. The Morgan fingerprint density at radius 2 is 1.90 bits per heavy atom. The van der Waals surface area contributed by atoms with Gasteiger partial charge in [0.2, 0.25) is 0 Å². The monoisotopic (exact) mass is 277 g/mol. The van der Waals surface area contributed by atoms with Gasteiger partial charge in [0.1, 0.15) is 5.82 Å². The predicted molar refractivity (Wildman–Crippen MR) is 80.9 cm³/mol. The van der Waals surface area contributed by atoms with Crippen molar-refractivity contribution in [1.82, 2.24) is 4.90 Å². The molecule has 0 radical (unpaired) electrons. The number of likely N-dealkylation sites (tertiary alicyclic amines) is 1. The summed E-state index contributed by atoms with van der Waals surface area (Å²) in [5, 5.41) is 9.51. The maximum Gasteiger partial charge on any atom is 0.123 e. The third-order valence-electron chi connectivity index (χ3n) is 4.55. The molecule has 0 spiro atoms. The van der Waals surface area contributed by atoms with E-state index in [1.54, 1.807) is 12.1 Å². The first-order valence-electron chi connectivity index (χ1n) is 7.43. The van der Waals surface area contributed by atoms with E-state index in [4.69, 9.17) is 0 Å². The first-order valence-corrected chi connectivity index (χ1v) is 7.43. The Balaban J connectivity index is 1.80. The van der Waals surface area contributed by atoms with Gasteiger partial charge in [-0.3, -0.25) is 4.90 Å². The van der Waals surface area contributed by atoms with Crippen molar-refractivity contribution in [2.24, 2.45) is 5.41 Å². The molecular formula is C17H24FNO. The van der Waals surface area contributed by atoms with E-state index >= 15 is 0 Å². The average molecular weight is 277 g/mol. The van der Waals surface area contributed by atoms with Gasteiger partial charge in [-0.05, 0) is 55.5 Å². The smallest absolute Gasteiger partial charge is 0.123 e. The summed E-state index contributed by atoms with van der Waals surface area (Å²) in [6.45, 7) is 5.48. The number of aliphatic hydroxyl groups is 1. The molecule has 0 unspecified atom stereocenters. The first-order chi connectivity index (χ1) is 9.67. The van der Waals surface area contributed by atoms with Crippen LogP contribution in [0.4, 0.5) is 4.39 Å². The van der Waals surface area contributed by atoms with Crippen LogP contribution in [0.1, 0.15) is 31.7 Å². The highest BCUT2D eigenvalue weighted by Gasteiger charge is 2.31. The van der Waals surface area contributed by atoms with E-state index < -0.39 is 0 Å². The fourth-order valence-corrected chi connectivity index (χ4v) is 2.75. The van der Waals surface area contributed by atoms with Gasteiger partial charge in [-0.1, -0.05) is 31.2 Å². The number of hydrogen-bond donors (Lipinski definition) is 1. The van der Waals surface area contributed by atoms with Crippen LogP contribution in [-0.4, -0.2) is 36.2 Å². The van der Waals surface area contributed by atoms with E-state index in [2.05, 4.69) is 17.9 Å². The molecule has 2 nitrogen and oxygen atoms in total. The van der Waals surface area contributed by atoms with Crippen LogP contribution in [0.5, 0.6) is 0 Å². The fourth-order valence-electron chi connectivity index (χ4n) is 2.75. The van der Waals surface area contributed by atoms with Gasteiger partial charge in [0.05, 0.1) is 0 Å². The predicted octanol–water partition coefficient (Wildman–Crippen LogP) is 3.32. The van der Waals surface area contributed by atoms with Crippen LogP contribution in [0.3, 0.4) is 0 Å². The van der Waals surface area contributed by atoms with Crippen molar-refractivity contribution < 1.29 is 9.50 Å². The third kappa shape index (κ3) is 3.90. The van der Waals surface area contributed by atoms with Gasteiger partial charge in [0.15, 0.2) is 0 Å². The number of piperidine rings is 1. The zero-order valence-corrected chi connectivity index (χ0v) is 12.2. The third-order valence-corrected chi connectivity index (χ3v) is 4.55. The lowest BCUT2D eigenvalue weighted by molar-refractivity contribution is 0.0451. The molecule has 1 aromatic carbocycles. The van der Waals surface area contributed by atoms with E-state index in [9.17, 15) is 9.50 Å². The number of hydrogen-bond acceptors (Lipinski definition) is 2. The second-order valence-electron chi connectivity index (χ2n) is 5.77. The maximum atomic E-state index is 12.8. The summed E-state index contributed by atoms with van der Waals surface area (Å²) in [4.78, 5) is 2.41. The standard InChI is InChI=1S/C17H24FNO/c1-2-17(14-20)9-12-19(13-10-17)11-3-4-15-5-7-16(18)8-6-15/h3-8,20H,2,9-14H2,1H3/b4-3+. The van der Waals surface area contributed by atoms with Crippen molar-refractivity contribution in [2.75, 3.05) is 26.2 Å². The summed E-state index contributed by atoms with van der Waals surface area (Å²) in [7, 11) is 0. The molecule has 1 N–H and O–H groups in total. The van der Waals surface area contributed by atoms with Crippen LogP contribution in [0.25, 0.3) is 6.08 Å². The van der Waals surface area contributed by atoms with Crippen LogP contribution < -0.4 is 0 Å². The molecular weight excluding hydrogens is 253 g/mol. The minimum atomic E-state index is -0.196. The summed E-state index contributed by atoms with van der Waals surface area (Å²) in [6.07, 6.45) is 7.37. The SMILES string of the molecule is CCC1(CO)CCN(C/C=C/c2ccc(F)cc2)CC1. The van der Waals surface area contributed by atoms with Crippen molar-refractivity contribution in [3.63, 3.8) is 0 Å². The van der Waals surface area contributed by atoms with E-state index in [-0.39, 0.29) is 11.2 Å². The normalized spacial score (nSPS) is 19.6. The molecule has 0 aliphatic carbocycles. The van der Waals surface area contributed by atoms with Gasteiger partial charge in [-0.25, -0.2) is 4.39 Å². The Morgan fingerprint density at radius 3 is 2.45 bits per heavy atom. The van der Waals surface area contributed by atoms with Crippen molar-refractivity contribution in [3.05, 3.63) is 41.7 Å². The molecule has 1 heterocycles. The lowest BCUT2D eigenvalue weighted by atomic mass is 9.77. The number of nitrogens with zero attached hydrogens (tertiary/aromatic N) is 1. The van der Waals surface area contributed by atoms with Crippen LogP contribution in [0.2, 0.25) is 0 Å². The number of halogens is 1. The van der Waals surface area contributed by atoms with Gasteiger partial charge in [0, 0.05) is 13.2 Å². The van der Waals surface area contributed by atoms with Crippen LogP contribution >= 0.6 is 0 Å². The average Bonchev–Trinajstić information content (AvgIpc) is 2.50. The van der Waals surface area contributed by atoms with Gasteiger partial charge >= 0.3 is 0 Å². The van der Waals surface area contributed by atoms with Gasteiger partial charge in [-0.2, -0.15) is 0 Å². The van der Waals surface area contributed by atoms with Crippen LogP contribution in [-0.2, 0) is 0 Å². The molecule has 0 bridgehead atoms. The molecule has 110 valence electrons. The van der Waals surface area contributed by atoms with Gasteiger partial charge < -0.3 is 5.11 Å². The first kappa shape index (κ1) is 15.2. The summed E-state index contributed by atoms with van der Waals surface area (Å²) in [5.41, 5.74) is 1.18. The Bertz CT molecular complexity index is 427. The molecule has 20 heavy (non-hydrogen) atoms. The Labute approximate surface area is 120 Å². The maximum absolute atomic E-state index is 12.8. The molecule has 1 aliphatic rings. The lowest BCUT2D eigenvalue weighted by Gasteiger charge is -2.39. The van der Waals surface area contributed by atoms with Crippen molar-refractivity contribution in [3.8, 4) is 0 Å². The Hall–Kier alpha value is -1.19. The number of rotatable bonds is 5. The molecule has 1 saturated heterocycles. The highest BCUT2D eigenvalue weighted by Crippen LogP contribution is 2.33. The quantitative estimate of drug-likeness (QED) is 0.892. The summed E-state index contributed by atoms with van der Waals surface area (Å²) in [6, 6.07) is 6.54. The largest absolute Gasteiger partial charge is 0.396 e. The minimum Gasteiger partial charge on any atom is -0.396 e. The van der Waals surface area contributed by atoms with E-state index in [0.717, 1.165) is 44.5 Å². The van der Waals surface area contributed by atoms with E-state index in [1.165, 1.54) is 12.1 Å². The molecule has 3 heteroatoms. The number of benzene rings is 1. The second kappa shape index (κ2) is 7.00. The van der Waals surface area contributed by atoms with Crippen molar-refractivity contribution >= 4 is 6.08 Å². The zero-order valence-electron chi connectivity index (χ0n) is 12.2. The van der Waals surface area contributed by atoms with Gasteiger partial charge in [-0.15, -0.1) is 0 Å². The minimum absolute atomic E-state index is 0.150. The molecule has 1 aliphatic heterocycles. The molecule has 2 rings (SSSR count). The summed E-state index contributed by atoms with van der Waals surface area (Å²) in [5.74, 6) is -0.196. The summed E-state index contributed by atoms with van der Waals surface area (Å²) >= 11 is 0. The van der Waals surface area contributed by atoms with Crippen molar-refractivity contribution in [1.29, 1.82) is 0 Å². The van der Waals surface area contributed by atoms with Crippen LogP contribution in [0.15, 0.2) is 30.3 Å². The Morgan fingerprint density at radius 1 is 1.25 bits per heavy atom. The fraction of sp³-hybridized carbons (Fsp3) is 0.529. The van der Waals surface area contributed by atoms with E-state index in [0.29, 0.717) is 6.61 Å². The molecule has 1 aromatic rings. The highest BCUT2D eigenvalue weighted by molar-refractivity contribution is 5.48.